The number of hydrogen-bond acceptors (Lipinski definition) is 6. The lowest BCUT2D eigenvalue weighted by Crippen LogP contribution is -2.32. The molecular weight excluding hydrogens is 324 g/mol. The van der Waals surface area contributed by atoms with Gasteiger partial charge in [-0.1, -0.05) is 13.5 Å². The summed E-state index contributed by atoms with van der Waals surface area (Å²) in [4.78, 5) is 23.6. The zero-order valence-electron chi connectivity index (χ0n) is 13.4. The average Bonchev–Trinajstić information content (AvgIpc) is 2.91. The molecule has 0 aromatic heterocycles. The lowest BCUT2D eigenvalue weighted by atomic mass is 9.98. The molecule has 23 heavy (non-hydrogen) atoms. The van der Waals surface area contributed by atoms with E-state index in [4.69, 9.17) is 14.0 Å². The van der Waals surface area contributed by atoms with Crippen molar-refractivity contribution in [2.75, 3.05) is 12.4 Å². The summed E-state index contributed by atoms with van der Waals surface area (Å²) in [6.45, 7) is 5.37. The summed E-state index contributed by atoms with van der Waals surface area (Å²) in [6, 6.07) is 0. The van der Waals surface area contributed by atoms with Gasteiger partial charge in [0.15, 0.2) is 0 Å². The lowest BCUT2D eigenvalue weighted by molar-refractivity contribution is -0.156. The Morgan fingerprint density at radius 2 is 1.87 bits per heavy atom. The largest absolute Gasteiger partial charge is 0.465 e. The van der Waals surface area contributed by atoms with Crippen LogP contribution in [0.25, 0.3) is 0 Å². The fourth-order valence-electron chi connectivity index (χ4n) is 2.54. The summed E-state index contributed by atoms with van der Waals surface area (Å²) < 4.78 is 39.9. The first-order valence-electron chi connectivity index (χ1n) is 7.69. The Morgan fingerprint density at radius 3 is 2.39 bits per heavy atom. The molecule has 0 aliphatic heterocycles. The minimum Gasteiger partial charge on any atom is -0.465 e. The van der Waals surface area contributed by atoms with Gasteiger partial charge in [0.05, 0.1) is 18.8 Å². The van der Waals surface area contributed by atoms with E-state index in [9.17, 15) is 18.0 Å². The predicted molar refractivity (Wildman–Crippen MR) is 83.3 cm³/mol. The molecule has 7 nitrogen and oxygen atoms in total. The molecule has 0 spiro atoms. The van der Waals surface area contributed by atoms with Gasteiger partial charge in [0.25, 0.3) is 10.1 Å². The van der Waals surface area contributed by atoms with Crippen molar-refractivity contribution in [3.05, 3.63) is 12.2 Å². The maximum absolute atomic E-state index is 12.0. The number of hydrogen-bond donors (Lipinski definition) is 1. The van der Waals surface area contributed by atoms with Crippen LogP contribution in [-0.2, 0) is 29.2 Å². The van der Waals surface area contributed by atoms with Gasteiger partial charge in [0, 0.05) is 5.57 Å². The van der Waals surface area contributed by atoms with E-state index in [1.165, 1.54) is 0 Å². The van der Waals surface area contributed by atoms with Crippen LogP contribution in [0.1, 0.15) is 51.9 Å². The van der Waals surface area contributed by atoms with Crippen LogP contribution >= 0.6 is 0 Å². The van der Waals surface area contributed by atoms with Gasteiger partial charge < -0.3 is 9.47 Å². The van der Waals surface area contributed by atoms with Crippen LogP contribution < -0.4 is 0 Å². The molecule has 0 unspecified atom stereocenters. The summed E-state index contributed by atoms with van der Waals surface area (Å²) in [5.41, 5.74) is -0.427. The van der Waals surface area contributed by atoms with Gasteiger partial charge in [0.2, 0.25) is 0 Å². The quantitative estimate of drug-likeness (QED) is 0.294. The third-order valence-electron chi connectivity index (χ3n) is 3.92. The molecule has 1 fully saturated rings. The van der Waals surface area contributed by atoms with Crippen LogP contribution in [0, 0.1) is 0 Å². The summed E-state index contributed by atoms with van der Waals surface area (Å²) in [6.07, 6.45) is 4.09. The number of ether oxygens (including phenoxy) is 2. The van der Waals surface area contributed by atoms with Gasteiger partial charge in [-0.2, -0.15) is 8.42 Å². The minimum absolute atomic E-state index is 0.0135. The average molecular weight is 348 g/mol. The molecule has 1 aliphatic rings. The van der Waals surface area contributed by atoms with Crippen LogP contribution in [0.3, 0.4) is 0 Å². The van der Waals surface area contributed by atoms with Crippen LogP contribution in [0.2, 0.25) is 0 Å². The predicted octanol–water partition coefficient (Wildman–Crippen LogP) is 2.02. The highest BCUT2D eigenvalue weighted by molar-refractivity contribution is 7.85. The monoisotopic (exact) mass is 348 g/mol. The molecule has 1 aliphatic carbocycles. The summed E-state index contributed by atoms with van der Waals surface area (Å²) in [7, 11) is -4.06. The summed E-state index contributed by atoms with van der Waals surface area (Å²) in [5, 5.41) is 0. The van der Waals surface area contributed by atoms with Gasteiger partial charge in [-0.05, 0) is 38.5 Å². The third-order valence-corrected chi connectivity index (χ3v) is 4.73. The van der Waals surface area contributed by atoms with Crippen molar-refractivity contribution in [1.82, 2.24) is 0 Å². The Labute approximate surface area is 136 Å². The van der Waals surface area contributed by atoms with E-state index in [1.54, 1.807) is 0 Å². The molecule has 0 saturated heterocycles. The standard InChI is InChI=1S/C15H24O7S/c1-3-15(7-4-5-8-15)22-14(17)12(2)11-13(16)21-9-6-10-23(18,19)20/h2-11H2,1H3,(H,18,19,20). The molecule has 1 N–H and O–H groups in total. The van der Waals surface area contributed by atoms with E-state index < -0.39 is 33.4 Å². The van der Waals surface area contributed by atoms with E-state index in [2.05, 4.69) is 6.58 Å². The zero-order chi connectivity index (χ0) is 17.5. The number of rotatable bonds is 9. The first kappa shape index (κ1) is 19.6. The molecule has 0 aromatic rings. The van der Waals surface area contributed by atoms with Gasteiger partial charge in [0.1, 0.15) is 5.60 Å². The molecule has 8 heteroatoms. The Kier molecular flexibility index (Phi) is 7.21. The van der Waals surface area contributed by atoms with Crippen molar-refractivity contribution in [3.8, 4) is 0 Å². The first-order chi connectivity index (χ1) is 10.7. The smallest absolute Gasteiger partial charge is 0.334 e. The Morgan fingerprint density at radius 1 is 1.26 bits per heavy atom. The molecular formula is C15H24O7S. The number of carbonyl (C=O) groups excluding carboxylic acids is 2. The Bertz CT molecular complexity index is 544. The van der Waals surface area contributed by atoms with E-state index in [0.29, 0.717) is 0 Å². The molecule has 0 atom stereocenters. The second-order valence-electron chi connectivity index (χ2n) is 5.77. The second-order valence-corrected chi connectivity index (χ2v) is 7.35. The Balaban J connectivity index is 2.34. The number of esters is 2. The van der Waals surface area contributed by atoms with E-state index in [0.717, 1.165) is 32.1 Å². The summed E-state index contributed by atoms with van der Waals surface area (Å²) >= 11 is 0. The van der Waals surface area contributed by atoms with Gasteiger partial charge >= 0.3 is 11.9 Å². The highest BCUT2D eigenvalue weighted by atomic mass is 32.2. The normalized spacial score (nSPS) is 16.8. The van der Waals surface area contributed by atoms with E-state index >= 15 is 0 Å². The molecule has 0 heterocycles. The van der Waals surface area contributed by atoms with Crippen LogP contribution in [0.4, 0.5) is 0 Å². The van der Waals surface area contributed by atoms with Gasteiger partial charge in [-0.25, -0.2) is 4.79 Å². The van der Waals surface area contributed by atoms with Crippen molar-refractivity contribution in [1.29, 1.82) is 0 Å². The van der Waals surface area contributed by atoms with Crippen LogP contribution in [0.5, 0.6) is 0 Å². The second kappa shape index (κ2) is 8.44. The third kappa shape index (κ3) is 7.13. The molecule has 0 bridgehead atoms. The SMILES string of the molecule is C=C(CC(=O)OCCCS(=O)(=O)O)C(=O)OC1(CC)CCCC1. The van der Waals surface area contributed by atoms with Crippen LogP contribution in [0.15, 0.2) is 12.2 Å². The van der Waals surface area contributed by atoms with Crippen molar-refractivity contribution in [2.24, 2.45) is 0 Å². The van der Waals surface area contributed by atoms with Crippen molar-refractivity contribution in [2.45, 2.75) is 57.5 Å². The molecule has 0 amide bonds. The van der Waals surface area contributed by atoms with Crippen molar-refractivity contribution < 1.29 is 32.0 Å². The zero-order valence-corrected chi connectivity index (χ0v) is 14.2. The molecule has 1 saturated carbocycles. The Hall–Kier alpha value is -1.41. The highest BCUT2D eigenvalue weighted by Gasteiger charge is 2.36. The maximum atomic E-state index is 12.0. The highest BCUT2D eigenvalue weighted by Crippen LogP contribution is 2.36. The topological polar surface area (TPSA) is 107 Å². The minimum atomic E-state index is -4.06. The van der Waals surface area contributed by atoms with Crippen LogP contribution in [-0.4, -0.2) is 42.9 Å². The van der Waals surface area contributed by atoms with E-state index in [-0.39, 0.29) is 25.0 Å². The maximum Gasteiger partial charge on any atom is 0.334 e. The molecule has 132 valence electrons. The summed E-state index contributed by atoms with van der Waals surface area (Å²) in [5.74, 6) is -1.76. The first-order valence-corrected chi connectivity index (χ1v) is 9.30. The molecule has 0 radical (unpaired) electrons. The number of carbonyl (C=O) groups is 2. The fourth-order valence-corrected chi connectivity index (χ4v) is 3.02. The van der Waals surface area contributed by atoms with Gasteiger partial charge in [-0.3, -0.25) is 9.35 Å². The lowest BCUT2D eigenvalue weighted by Gasteiger charge is -2.27. The van der Waals surface area contributed by atoms with Crippen molar-refractivity contribution >= 4 is 22.1 Å². The van der Waals surface area contributed by atoms with Gasteiger partial charge in [-0.15, -0.1) is 0 Å². The molecule has 0 aromatic carbocycles. The fraction of sp³-hybridized carbons (Fsp3) is 0.733. The van der Waals surface area contributed by atoms with E-state index in [1.807, 2.05) is 6.92 Å². The molecule has 1 rings (SSSR count). The van der Waals surface area contributed by atoms with Crippen molar-refractivity contribution in [3.63, 3.8) is 0 Å².